The molecule has 0 spiro atoms. The van der Waals surface area contributed by atoms with Crippen molar-refractivity contribution in [2.24, 2.45) is 5.92 Å². The van der Waals surface area contributed by atoms with Gasteiger partial charge in [0.25, 0.3) is 0 Å². The lowest BCUT2D eigenvalue weighted by molar-refractivity contribution is 0.0729. The monoisotopic (exact) mass is 456 g/mol. The second kappa shape index (κ2) is 12.8. The molecule has 0 aromatic heterocycles. The molecular weight excluding hydrogens is 419 g/mol. The highest BCUT2D eigenvalue weighted by Gasteiger charge is 2.21. The van der Waals surface area contributed by atoms with Crippen molar-refractivity contribution in [2.45, 2.75) is 76.8 Å². The number of unbranched alkanes of at least 4 members (excludes halogenated alkanes) is 1. The van der Waals surface area contributed by atoms with Crippen molar-refractivity contribution in [3.63, 3.8) is 0 Å². The molecule has 2 aromatic carbocycles. The SMILES string of the molecule is CCCCOc1ccc(OC(=O)c2ccc(CCC3CCC([SiH2]CC)CC3)cc2F)cc1. The summed E-state index contributed by atoms with van der Waals surface area (Å²) in [6.45, 7) is 5.10. The molecule has 1 aliphatic carbocycles. The molecule has 174 valence electrons. The van der Waals surface area contributed by atoms with Crippen LogP contribution in [0.5, 0.6) is 11.5 Å². The number of hydrogen-bond acceptors (Lipinski definition) is 3. The van der Waals surface area contributed by atoms with Crippen molar-refractivity contribution < 1.29 is 18.7 Å². The van der Waals surface area contributed by atoms with Crippen LogP contribution in [-0.2, 0) is 6.42 Å². The molecular formula is C27H37FO3Si. The van der Waals surface area contributed by atoms with Crippen LogP contribution in [0.1, 0.15) is 74.7 Å². The molecule has 32 heavy (non-hydrogen) atoms. The van der Waals surface area contributed by atoms with Crippen LogP contribution < -0.4 is 9.47 Å². The fourth-order valence-corrected chi connectivity index (χ4v) is 6.43. The zero-order chi connectivity index (χ0) is 22.8. The van der Waals surface area contributed by atoms with Crippen molar-refractivity contribution in [2.75, 3.05) is 6.61 Å². The molecule has 0 radical (unpaired) electrons. The summed E-state index contributed by atoms with van der Waals surface area (Å²) in [6.07, 6.45) is 9.49. The van der Waals surface area contributed by atoms with Gasteiger partial charge in [-0.25, -0.2) is 9.18 Å². The lowest BCUT2D eigenvalue weighted by atomic mass is 9.85. The Morgan fingerprint density at radius 3 is 2.41 bits per heavy atom. The van der Waals surface area contributed by atoms with E-state index in [0.29, 0.717) is 12.4 Å². The number of carbonyl (C=O) groups excluding carboxylic acids is 1. The normalized spacial score (nSPS) is 18.7. The standard InChI is InChI=1S/C27H37FO3Si/c1-3-5-18-30-22-11-13-23(14-12-22)31-27(29)25-17-10-21(19-26(25)28)7-6-20-8-15-24(16-9-20)32-4-2/h10-14,17,19-20,24H,3-9,15-16,18,32H2,1-2H3. The Kier molecular flexibility index (Phi) is 9.79. The number of rotatable bonds is 11. The van der Waals surface area contributed by atoms with Crippen LogP contribution in [0.3, 0.4) is 0 Å². The van der Waals surface area contributed by atoms with Crippen molar-refractivity contribution >= 4 is 15.5 Å². The molecule has 0 atom stereocenters. The third-order valence-corrected chi connectivity index (χ3v) is 8.77. The summed E-state index contributed by atoms with van der Waals surface area (Å²) in [5.41, 5.74) is 1.98. The van der Waals surface area contributed by atoms with Crippen LogP contribution in [0.25, 0.3) is 0 Å². The average molecular weight is 457 g/mol. The van der Waals surface area contributed by atoms with E-state index < -0.39 is 11.8 Å². The van der Waals surface area contributed by atoms with Crippen LogP contribution in [0, 0.1) is 11.7 Å². The van der Waals surface area contributed by atoms with Gasteiger partial charge in [0.1, 0.15) is 17.3 Å². The summed E-state index contributed by atoms with van der Waals surface area (Å²) >= 11 is 0. The van der Waals surface area contributed by atoms with Gasteiger partial charge >= 0.3 is 5.97 Å². The highest BCUT2D eigenvalue weighted by Crippen LogP contribution is 2.35. The van der Waals surface area contributed by atoms with Gasteiger partial charge in [-0.15, -0.1) is 0 Å². The van der Waals surface area contributed by atoms with Gasteiger partial charge in [-0.2, -0.15) is 0 Å². The third kappa shape index (κ3) is 7.47. The summed E-state index contributed by atoms with van der Waals surface area (Å²) < 4.78 is 25.6. The van der Waals surface area contributed by atoms with Gasteiger partial charge in [0.2, 0.25) is 0 Å². The predicted molar refractivity (Wildman–Crippen MR) is 131 cm³/mol. The molecule has 0 bridgehead atoms. The minimum Gasteiger partial charge on any atom is -0.494 e. The first-order valence-electron chi connectivity index (χ1n) is 12.3. The first-order chi connectivity index (χ1) is 15.6. The molecule has 0 heterocycles. The molecule has 3 nitrogen and oxygen atoms in total. The fourth-order valence-electron chi connectivity index (χ4n) is 4.57. The molecule has 3 rings (SSSR count). The fraction of sp³-hybridized carbons (Fsp3) is 0.519. The van der Waals surface area contributed by atoms with Crippen LogP contribution in [-0.4, -0.2) is 22.1 Å². The summed E-state index contributed by atoms with van der Waals surface area (Å²) in [5.74, 6) is 0.688. The highest BCUT2D eigenvalue weighted by molar-refractivity contribution is 6.37. The number of esters is 1. The van der Waals surface area contributed by atoms with Gasteiger partial charge in [0.05, 0.1) is 12.2 Å². The van der Waals surface area contributed by atoms with E-state index in [1.165, 1.54) is 37.8 Å². The molecule has 5 heteroatoms. The first-order valence-corrected chi connectivity index (χ1v) is 14.1. The predicted octanol–water partition coefficient (Wildman–Crippen LogP) is 6.74. The second-order valence-corrected chi connectivity index (χ2v) is 11.8. The lowest BCUT2D eigenvalue weighted by Crippen LogP contribution is -2.15. The van der Waals surface area contributed by atoms with Crippen LogP contribution in [0.2, 0.25) is 11.6 Å². The molecule has 0 saturated heterocycles. The van der Waals surface area contributed by atoms with Crippen molar-refractivity contribution in [3.8, 4) is 11.5 Å². The molecule has 1 aliphatic rings. The molecule has 0 unspecified atom stereocenters. The minimum absolute atomic E-state index is 0.0259. The quantitative estimate of drug-likeness (QED) is 0.162. The topological polar surface area (TPSA) is 35.5 Å². The Labute approximate surface area is 194 Å². The molecule has 0 aliphatic heterocycles. The third-order valence-electron chi connectivity index (χ3n) is 6.56. The van der Waals surface area contributed by atoms with E-state index in [4.69, 9.17) is 9.47 Å². The smallest absolute Gasteiger partial charge is 0.346 e. The van der Waals surface area contributed by atoms with E-state index in [1.807, 2.05) is 6.07 Å². The minimum atomic E-state index is -0.674. The largest absolute Gasteiger partial charge is 0.494 e. The molecule has 1 saturated carbocycles. The molecule has 1 fully saturated rings. The van der Waals surface area contributed by atoms with Gasteiger partial charge in [-0.1, -0.05) is 63.6 Å². The highest BCUT2D eigenvalue weighted by atomic mass is 28.2. The number of carbonyl (C=O) groups is 1. The summed E-state index contributed by atoms with van der Waals surface area (Å²) in [6, 6.07) is 13.2. The Balaban J connectivity index is 1.48. The number of aryl methyl sites for hydroxylation is 1. The van der Waals surface area contributed by atoms with Crippen molar-refractivity contribution in [1.29, 1.82) is 0 Å². The zero-order valence-corrected chi connectivity index (χ0v) is 21.0. The summed E-state index contributed by atoms with van der Waals surface area (Å²) in [5, 5.41) is 0. The molecule has 0 N–H and O–H groups in total. The van der Waals surface area contributed by atoms with Crippen LogP contribution in [0.4, 0.5) is 4.39 Å². The summed E-state index contributed by atoms with van der Waals surface area (Å²) in [7, 11) is 0.142. The number of benzene rings is 2. The van der Waals surface area contributed by atoms with E-state index in [1.54, 1.807) is 30.3 Å². The molecule has 2 aromatic rings. The van der Waals surface area contributed by atoms with Gasteiger partial charge in [-0.3, -0.25) is 0 Å². The Hall–Kier alpha value is -2.14. The maximum atomic E-state index is 14.6. The Morgan fingerprint density at radius 2 is 1.75 bits per heavy atom. The summed E-state index contributed by atoms with van der Waals surface area (Å²) in [4.78, 5) is 12.4. The maximum absolute atomic E-state index is 14.6. The van der Waals surface area contributed by atoms with Gasteiger partial charge in [-0.05, 0) is 67.1 Å². The van der Waals surface area contributed by atoms with Crippen molar-refractivity contribution in [1.82, 2.24) is 0 Å². The number of ether oxygens (including phenoxy) is 2. The van der Waals surface area contributed by atoms with Gasteiger partial charge in [0.15, 0.2) is 0 Å². The first kappa shape index (κ1) is 24.5. The van der Waals surface area contributed by atoms with Crippen LogP contribution >= 0.6 is 0 Å². The Morgan fingerprint density at radius 1 is 1.03 bits per heavy atom. The maximum Gasteiger partial charge on any atom is 0.346 e. The zero-order valence-electron chi connectivity index (χ0n) is 19.6. The number of halogens is 1. The van der Waals surface area contributed by atoms with Crippen molar-refractivity contribution in [3.05, 3.63) is 59.4 Å². The van der Waals surface area contributed by atoms with E-state index in [9.17, 15) is 9.18 Å². The van der Waals surface area contributed by atoms with Crippen LogP contribution in [0.15, 0.2) is 42.5 Å². The Bertz CT molecular complexity index is 844. The van der Waals surface area contributed by atoms with E-state index >= 15 is 0 Å². The van der Waals surface area contributed by atoms with Gasteiger partial charge < -0.3 is 9.47 Å². The van der Waals surface area contributed by atoms with E-state index in [2.05, 4.69) is 13.8 Å². The van der Waals surface area contributed by atoms with E-state index in [0.717, 1.165) is 48.5 Å². The molecule has 0 amide bonds. The van der Waals surface area contributed by atoms with Gasteiger partial charge in [0, 0.05) is 9.52 Å². The second-order valence-electron chi connectivity index (χ2n) is 9.09. The lowest BCUT2D eigenvalue weighted by Gasteiger charge is -2.28. The number of hydrogen-bond donors (Lipinski definition) is 0. The average Bonchev–Trinajstić information content (AvgIpc) is 2.80. The van der Waals surface area contributed by atoms with E-state index in [-0.39, 0.29) is 15.1 Å².